The summed E-state index contributed by atoms with van der Waals surface area (Å²) in [6.45, 7) is 2.86. The first-order valence-corrected chi connectivity index (χ1v) is 6.37. The highest BCUT2D eigenvalue weighted by Gasteiger charge is 2.30. The lowest BCUT2D eigenvalue weighted by Crippen LogP contribution is -2.22. The van der Waals surface area contributed by atoms with Crippen LogP contribution in [0.5, 0.6) is 0 Å². The Kier molecular flexibility index (Phi) is 2.43. The van der Waals surface area contributed by atoms with Gasteiger partial charge in [0.1, 0.15) is 5.82 Å². The monoisotopic (exact) mass is 217 g/mol. The van der Waals surface area contributed by atoms with Crippen molar-refractivity contribution in [1.82, 2.24) is 9.97 Å². The molecule has 0 aliphatic heterocycles. The Hall–Kier alpha value is -0.960. The summed E-state index contributed by atoms with van der Waals surface area (Å²) in [4.78, 5) is 9.45. The van der Waals surface area contributed by atoms with Crippen LogP contribution in [0.2, 0.25) is 0 Å². The van der Waals surface area contributed by atoms with Crippen molar-refractivity contribution in [3.05, 3.63) is 22.8 Å². The van der Waals surface area contributed by atoms with Crippen molar-refractivity contribution < 1.29 is 0 Å². The average Bonchev–Trinajstić information content (AvgIpc) is 3.11. The third-order valence-electron chi connectivity index (χ3n) is 3.83. The van der Waals surface area contributed by atoms with Gasteiger partial charge in [-0.1, -0.05) is 0 Å². The molecule has 3 nitrogen and oxygen atoms in total. The van der Waals surface area contributed by atoms with Gasteiger partial charge in [0, 0.05) is 17.3 Å². The summed E-state index contributed by atoms with van der Waals surface area (Å²) in [6.07, 6.45) is 6.11. The van der Waals surface area contributed by atoms with Gasteiger partial charge >= 0.3 is 0 Å². The van der Waals surface area contributed by atoms with E-state index in [4.69, 9.17) is 10.7 Å². The van der Waals surface area contributed by atoms with Crippen LogP contribution in [-0.2, 0) is 6.42 Å². The van der Waals surface area contributed by atoms with Gasteiger partial charge in [-0.05, 0) is 57.1 Å². The van der Waals surface area contributed by atoms with Gasteiger partial charge in [0.2, 0.25) is 0 Å². The fraction of sp³-hybridized carbons (Fsp3) is 0.692. The quantitative estimate of drug-likeness (QED) is 0.824. The van der Waals surface area contributed by atoms with Gasteiger partial charge in [-0.25, -0.2) is 9.97 Å². The maximum absolute atomic E-state index is 5.84. The Balaban J connectivity index is 2.05. The van der Waals surface area contributed by atoms with Crippen LogP contribution in [0.3, 0.4) is 0 Å². The molecule has 2 aliphatic rings. The lowest BCUT2D eigenvalue weighted by molar-refractivity contribution is 0.540. The Morgan fingerprint density at radius 2 is 2.06 bits per heavy atom. The molecule has 86 valence electrons. The molecule has 1 unspecified atom stereocenters. The van der Waals surface area contributed by atoms with E-state index in [1.165, 1.54) is 42.6 Å². The Morgan fingerprint density at radius 3 is 2.75 bits per heavy atom. The Morgan fingerprint density at radius 1 is 1.25 bits per heavy atom. The number of aryl methyl sites for hydroxylation is 2. The predicted octanol–water partition coefficient (Wildman–Crippen LogP) is 2.04. The van der Waals surface area contributed by atoms with Crippen LogP contribution in [0.15, 0.2) is 0 Å². The molecule has 0 bridgehead atoms. The minimum absolute atomic E-state index is 0.497. The zero-order chi connectivity index (χ0) is 11.1. The second-order valence-corrected chi connectivity index (χ2v) is 5.13. The maximum Gasteiger partial charge on any atom is 0.131 e. The summed E-state index contributed by atoms with van der Waals surface area (Å²) in [5.41, 5.74) is 9.67. The van der Waals surface area contributed by atoms with E-state index in [0.29, 0.717) is 11.8 Å². The van der Waals surface area contributed by atoms with Crippen molar-refractivity contribution in [3.8, 4) is 0 Å². The molecule has 0 aromatic carbocycles. The van der Waals surface area contributed by atoms with Gasteiger partial charge in [0.25, 0.3) is 0 Å². The number of nitrogens with zero attached hydrogens (tertiary/aromatic N) is 2. The average molecular weight is 217 g/mol. The molecule has 2 N–H and O–H groups in total. The van der Waals surface area contributed by atoms with Crippen LogP contribution in [0, 0.1) is 6.92 Å². The molecule has 1 heterocycles. The van der Waals surface area contributed by atoms with Crippen molar-refractivity contribution in [3.63, 3.8) is 0 Å². The van der Waals surface area contributed by atoms with E-state index in [0.717, 1.165) is 18.8 Å². The zero-order valence-corrected chi connectivity index (χ0v) is 9.87. The first-order valence-electron chi connectivity index (χ1n) is 6.37. The molecule has 0 amide bonds. The van der Waals surface area contributed by atoms with E-state index >= 15 is 0 Å². The summed E-state index contributed by atoms with van der Waals surface area (Å²) in [6, 6.07) is 0. The normalized spacial score (nSPS) is 24.2. The lowest BCUT2D eigenvalue weighted by atomic mass is 9.84. The van der Waals surface area contributed by atoms with E-state index in [9.17, 15) is 0 Å². The first-order chi connectivity index (χ1) is 7.79. The molecule has 3 heteroatoms. The van der Waals surface area contributed by atoms with Gasteiger partial charge in [-0.2, -0.15) is 0 Å². The second kappa shape index (κ2) is 3.81. The summed E-state index contributed by atoms with van der Waals surface area (Å²) in [5, 5.41) is 0. The predicted molar refractivity (Wildman–Crippen MR) is 63.5 cm³/mol. The van der Waals surface area contributed by atoms with E-state index in [1.54, 1.807) is 0 Å². The van der Waals surface area contributed by atoms with Gasteiger partial charge in [0.15, 0.2) is 0 Å². The fourth-order valence-electron chi connectivity index (χ4n) is 2.81. The van der Waals surface area contributed by atoms with Gasteiger partial charge in [0.05, 0.1) is 0 Å². The number of hydrogen-bond acceptors (Lipinski definition) is 3. The standard InChI is InChI=1S/C13H19N3/c1-8-12-10(7-14)3-2-4-11(12)16-13(15-8)9-5-6-9/h9-10H,2-7,14H2,1H3. The molecule has 16 heavy (non-hydrogen) atoms. The highest BCUT2D eigenvalue weighted by molar-refractivity contribution is 5.32. The van der Waals surface area contributed by atoms with Crippen molar-refractivity contribution in [1.29, 1.82) is 0 Å². The molecular weight excluding hydrogens is 198 g/mol. The highest BCUT2D eigenvalue weighted by atomic mass is 14.9. The van der Waals surface area contributed by atoms with E-state index in [1.807, 2.05) is 0 Å². The third-order valence-corrected chi connectivity index (χ3v) is 3.83. The van der Waals surface area contributed by atoms with Gasteiger partial charge in [-0.3, -0.25) is 0 Å². The fourth-order valence-corrected chi connectivity index (χ4v) is 2.81. The smallest absolute Gasteiger partial charge is 0.131 e. The molecule has 2 aliphatic carbocycles. The van der Waals surface area contributed by atoms with Crippen LogP contribution in [0.4, 0.5) is 0 Å². The van der Waals surface area contributed by atoms with E-state index in [-0.39, 0.29) is 0 Å². The summed E-state index contributed by atoms with van der Waals surface area (Å²) >= 11 is 0. The largest absolute Gasteiger partial charge is 0.330 e. The van der Waals surface area contributed by atoms with Crippen molar-refractivity contribution in [2.75, 3.05) is 6.54 Å². The van der Waals surface area contributed by atoms with Crippen LogP contribution < -0.4 is 5.73 Å². The van der Waals surface area contributed by atoms with E-state index < -0.39 is 0 Å². The maximum atomic E-state index is 5.84. The van der Waals surface area contributed by atoms with Crippen LogP contribution in [-0.4, -0.2) is 16.5 Å². The van der Waals surface area contributed by atoms with Crippen molar-refractivity contribution >= 4 is 0 Å². The minimum Gasteiger partial charge on any atom is -0.330 e. The first kappa shape index (κ1) is 10.2. The molecule has 0 spiro atoms. The molecule has 3 rings (SSSR count). The number of nitrogens with two attached hydrogens (primary N) is 1. The molecule has 1 fully saturated rings. The molecule has 1 aromatic rings. The molecule has 1 saturated carbocycles. The van der Waals surface area contributed by atoms with Gasteiger partial charge in [-0.15, -0.1) is 0 Å². The third kappa shape index (κ3) is 1.63. The van der Waals surface area contributed by atoms with Crippen LogP contribution in [0.1, 0.15) is 60.3 Å². The number of aromatic nitrogens is 2. The summed E-state index contributed by atoms with van der Waals surface area (Å²) < 4.78 is 0. The van der Waals surface area contributed by atoms with E-state index in [2.05, 4.69) is 11.9 Å². The SMILES string of the molecule is Cc1nc(C2CC2)nc2c1C(CN)CCC2. The molecular formula is C13H19N3. The Bertz CT molecular complexity index is 410. The van der Waals surface area contributed by atoms with Crippen molar-refractivity contribution in [2.45, 2.75) is 50.9 Å². The van der Waals surface area contributed by atoms with Crippen molar-refractivity contribution in [2.24, 2.45) is 5.73 Å². The van der Waals surface area contributed by atoms with Crippen LogP contribution in [0.25, 0.3) is 0 Å². The lowest BCUT2D eigenvalue weighted by Gasteiger charge is -2.25. The topological polar surface area (TPSA) is 51.8 Å². The summed E-state index contributed by atoms with van der Waals surface area (Å²) in [7, 11) is 0. The number of hydrogen-bond donors (Lipinski definition) is 1. The molecule has 1 atom stereocenters. The molecule has 1 aromatic heterocycles. The number of fused-ring (bicyclic) bond motifs is 1. The molecule has 0 radical (unpaired) electrons. The second-order valence-electron chi connectivity index (χ2n) is 5.13. The van der Waals surface area contributed by atoms with Crippen LogP contribution >= 0.6 is 0 Å². The zero-order valence-electron chi connectivity index (χ0n) is 9.87. The van der Waals surface area contributed by atoms with Gasteiger partial charge < -0.3 is 5.73 Å². The highest BCUT2D eigenvalue weighted by Crippen LogP contribution is 2.40. The number of rotatable bonds is 2. The summed E-state index contributed by atoms with van der Waals surface area (Å²) in [5.74, 6) is 2.24. The minimum atomic E-state index is 0.497. The molecule has 0 saturated heterocycles. The Labute approximate surface area is 96.5 Å².